The molecule has 2 rings (SSSR count). The Hall–Kier alpha value is -1.60. The second-order valence-electron chi connectivity index (χ2n) is 4.00. The summed E-state index contributed by atoms with van der Waals surface area (Å²) in [5.74, 6) is 1.11. The molecule has 0 radical (unpaired) electrons. The molecule has 0 aliphatic heterocycles. The van der Waals surface area contributed by atoms with Crippen molar-refractivity contribution in [3.05, 3.63) is 24.1 Å². The summed E-state index contributed by atoms with van der Waals surface area (Å²) in [7, 11) is -3.52. The molecular weight excluding hydrogens is 268 g/mol. The average Bonchev–Trinajstić information content (AvgIpc) is 2.98. The monoisotopic (exact) mass is 284 g/mol. The van der Waals surface area contributed by atoms with Gasteiger partial charge in [-0.2, -0.15) is 4.31 Å². The molecule has 0 aliphatic rings. The van der Waals surface area contributed by atoms with E-state index in [9.17, 15) is 8.42 Å². The number of sulfonamides is 1. The van der Waals surface area contributed by atoms with Crippen LogP contribution in [-0.4, -0.2) is 31.0 Å². The highest BCUT2D eigenvalue weighted by atomic mass is 32.2. The molecule has 0 N–H and O–H groups in total. The average molecular weight is 284 g/mol. The smallest absolute Gasteiger partial charge is 0.246 e. The minimum atomic E-state index is -3.52. The van der Waals surface area contributed by atoms with Gasteiger partial charge >= 0.3 is 0 Å². The number of aromatic nitrogens is 1. The molecule has 0 fully saturated rings. The Bertz CT molecular complexity index is 639. The molecule has 104 valence electrons. The predicted molar refractivity (Wildman–Crippen MR) is 69.0 cm³/mol. The summed E-state index contributed by atoms with van der Waals surface area (Å²) >= 11 is 0. The van der Waals surface area contributed by atoms with Crippen molar-refractivity contribution in [1.82, 2.24) is 9.46 Å². The standard InChI is InChI=1S/C12H16N2O4S/c1-4-14(5-2)19(15,16)12-8-11(17-9(12)3)10-6-7-13-18-10/h6-8H,4-5H2,1-3H3. The van der Waals surface area contributed by atoms with Crippen molar-refractivity contribution in [1.29, 1.82) is 0 Å². The van der Waals surface area contributed by atoms with Crippen LogP contribution in [-0.2, 0) is 10.0 Å². The van der Waals surface area contributed by atoms with Gasteiger partial charge in [0.15, 0.2) is 5.76 Å². The zero-order valence-electron chi connectivity index (χ0n) is 11.1. The van der Waals surface area contributed by atoms with Gasteiger partial charge in [-0.15, -0.1) is 0 Å². The molecule has 7 heteroatoms. The van der Waals surface area contributed by atoms with Gasteiger partial charge in [-0.3, -0.25) is 0 Å². The molecule has 0 amide bonds. The normalized spacial score (nSPS) is 12.2. The fourth-order valence-corrected chi connectivity index (χ4v) is 3.51. The summed E-state index contributed by atoms with van der Waals surface area (Å²) in [6.07, 6.45) is 1.48. The highest BCUT2D eigenvalue weighted by molar-refractivity contribution is 7.89. The number of furan rings is 1. The van der Waals surface area contributed by atoms with Crippen LogP contribution in [0.15, 0.2) is 32.2 Å². The first-order chi connectivity index (χ1) is 9.00. The van der Waals surface area contributed by atoms with Gasteiger partial charge < -0.3 is 8.94 Å². The van der Waals surface area contributed by atoms with E-state index in [0.29, 0.717) is 30.4 Å². The molecule has 0 saturated carbocycles. The van der Waals surface area contributed by atoms with Crippen LogP contribution in [0.1, 0.15) is 19.6 Å². The van der Waals surface area contributed by atoms with Gasteiger partial charge in [0, 0.05) is 25.2 Å². The Kier molecular flexibility index (Phi) is 3.77. The second-order valence-corrected chi connectivity index (χ2v) is 5.90. The zero-order chi connectivity index (χ0) is 14.0. The van der Waals surface area contributed by atoms with E-state index in [2.05, 4.69) is 5.16 Å². The minimum Gasteiger partial charge on any atom is -0.457 e. The van der Waals surface area contributed by atoms with Gasteiger partial charge in [-0.05, 0) is 6.92 Å². The van der Waals surface area contributed by atoms with Crippen LogP contribution in [0.2, 0.25) is 0 Å². The maximum atomic E-state index is 12.4. The van der Waals surface area contributed by atoms with Gasteiger partial charge in [-0.1, -0.05) is 19.0 Å². The molecule has 0 atom stereocenters. The largest absolute Gasteiger partial charge is 0.457 e. The molecule has 0 unspecified atom stereocenters. The lowest BCUT2D eigenvalue weighted by atomic mass is 10.3. The van der Waals surface area contributed by atoms with Crippen LogP contribution in [0, 0.1) is 6.92 Å². The molecule has 6 nitrogen and oxygen atoms in total. The molecule has 0 saturated heterocycles. The summed E-state index contributed by atoms with van der Waals surface area (Å²) in [6, 6.07) is 3.09. The first-order valence-corrected chi connectivity index (χ1v) is 7.46. The lowest BCUT2D eigenvalue weighted by Gasteiger charge is -2.17. The van der Waals surface area contributed by atoms with Crippen LogP contribution >= 0.6 is 0 Å². The predicted octanol–water partition coefficient (Wildman–Crippen LogP) is 2.27. The fourth-order valence-electron chi connectivity index (χ4n) is 1.89. The Balaban J connectivity index is 2.47. The lowest BCUT2D eigenvalue weighted by Crippen LogP contribution is -2.30. The van der Waals surface area contributed by atoms with E-state index in [1.165, 1.54) is 16.6 Å². The molecule has 2 aromatic heterocycles. The van der Waals surface area contributed by atoms with Crippen molar-refractivity contribution >= 4 is 10.0 Å². The number of aryl methyl sites for hydroxylation is 1. The molecule has 0 aromatic carbocycles. The Morgan fingerprint density at radius 3 is 2.47 bits per heavy atom. The molecular formula is C12H16N2O4S. The van der Waals surface area contributed by atoms with Gasteiger partial charge in [0.05, 0.1) is 6.20 Å². The van der Waals surface area contributed by atoms with E-state index in [-0.39, 0.29) is 4.90 Å². The van der Waals surface area contributed by atoms with E-state index in [1.54, 1.807) is 26.8 Å². The van der Waals surface area contributed by atoms with Crippen molar-refractivity contribution in [2.45, 2.75) is 25.7 Å². The number of nitrogens with zero attached hydrogens (tertiary/aromatic N) is 2. The van der Waals surface area contributed by atoms with Gasteiger partial charge in [-0.25, -0.2) is 8.42 Å². The maximum Gasteiger partial charge on any atom is 0.246 e. The summed E-state index contributed by atoms with van der Waals surface area (Å²) < 4.78 is 36.6. The Morgan fingerprint density at radius 2 is 1.95 bits per heavy atom. The van der Waals surface area contributed by atoms with Crippen molar-refractivity contribution in [2.75, 3.05) is 13.1 Å². The molecule has 0 spiro atoms. The minimum absolute atomic E-state index is 0.169. The highest BCUT2D eigenvalue weighted by Gasteiger charge is 2.27. The van der Waals surface area contributed by atoms with Gasteiger partial charge in [0.2, 0.25) is 15.8 Å². The third-order valence-electron chi connectivity index (χ3n) is 2.88. The topological polar surface area (TPSA) is 76.6 Å². The summed E-state index contributed by atoms with van der Waals surface area (Å²) in [5.41, 5.74) is 0. The maximum absolute atomic E-state index is 12.4. The van der Waals surface area contributed by atoms with E-state index >= 15 is 0 Å². The summed E-state index contributed by atoms with van der Waals surface area (Å²) in [6.45, 7) is 6.06. The molecule has 0 bridgehead atoms. The first kappa shape index (κ1) is 13.8. The van der Waals surface area contributed by atoms with Crippen LogP contribution < -0.4 is 0 Å². The number of rotatable bonds is 5. The van der Waals surface area contributed by atoms with E-state index in [0.717, 1.165) is 0 Å². The third kappa shape index (κ3) is 2.43. The zero-order valence-corrected chi connectivity index (χ0v) is 11.9. The lowest BCUT2D eigenvalue weighted by molar-refractivity contribution is 0.414. The van der Waals surface area contributed by atoms with Crippen molar-refractivity contribution in [2.24, 2.45) is 0 Å². The van der Waals surface area contributed by atoms with Crippen molar-refractivity contribution in [3.8, 4) is 11.5 Å². The highest BCUT2D eigenvalue weighted by Crippen LogP contribution is 2.29. The van der Waals surface area contributed by atoms with Crippen LogP contribution in [0.3, 0.4) is 0 Å². The quantitative estimate of drug-likeness (QED) is 0.841. The van der Waals surface area contributed by atoms with E-state index in [4.69, 9.17) is 8.94 Å². The Labute approximate surface area is 112 Å². The van der Waals surface area contributed by atoms with E-state index in [1.807, 2.05) is 0 Å². The van der Waals surface area contributed by atoms with Crippen LogP contribution in [0.25, 0.3) is 11.5 Å². The first-order valence-electron chi connectivity index (χ1n) is 6.02. The van der Waals surface area contributed by atoms with Crippen molar-refractivity contribution < 1.29 is 17.4 Å². The summed E-state index contributed by atoms with van der Waals surface area (Å²) in [5, 5.41) is 3.57. The SMILES string of the molecule is CCN(CC)S(=O)(=O)c1cc(-c2ccno2)oc1C. The van der Waals surface area contributed by atoms with Gasteiger partial charge in [0.1, 0.15) is 10.7 Å². The van der Waals surface area contributed by atoms with Crippen LogP contribution in [0.5, 0.6) is 0 Å². The Morgan fingerprint density at radius 1 is 1.26 bits per heavy atom. The molecule has 2 heterocycles. The number of hydrogen-bond donors (Lipinski definition) is 0. The third-order valence-corrected chi connectivity index (χ3v) is 5.03. The molecule has 0 aliphatic carbocycles. The fraction of sp³-hybridized carbons (Fsp3) is 0.417. The van der Waals surface area contributed by atoms with E-state index < -0.39 is 10.0 Å². The van der Waals surface area contributed by atoms with Gasteiger partial charge in [0.25, 0.3) is 0 Å². The summed E-state index contributed by atoms with van der Waals surface area (Å²) in [4.78, 5) is 0.169. The van der Waals surface area contributed by atoms with Crippen LogP contribution in [0.4, 0.5) is 0 Å². The number of hydrogen-bond acceptors (Lipinski definition) is 5. The van der Waals surface area contributed by atoms with Crippen molar-refractivity contribution in [3.63, 3.8) is 0 Å². The second kappa shape index (κ2) is 5.18. The molecule has 19 heavy (non-hydrogen) atoms. The molecule has 2 aromatic rings.